The molecule has 0 bridgehead atoms. The fraction of sp³-hybridized carbons (Fsp3) is 0.174. The maximum Gasteiger partial charge on any atom is 0.264 e. The van der Waals surface area contributed by atoms with E-state index in [1.807, 2.05) is 6.92 Å². The lowest BCUT2D eigenvalue weighted by Crippen LogP contribution is -2.42. The Labute approximate surface area is 207 Å². The number of aryl methyl sites for hydroxylation is 1. The maximum absolute atomic E-state index is 13.7. The van der Waals surface area contributed by atoms with Gasteiger partial charge in [-0.15, -0.1) is 0 Å². The number of nitrogens with one attached hydrogen (secondary N) is 2. The molecular weight excluding hydrogens is 504 g/mol. The molecule has 0 saturated carbocycles. The number of sulfonamides is 1. The second kappa shape index (κ2) is 9.46. The van der Waals surface area contributed by atoms with Crippen molar-refractivity contribution >= 4 is 67.6 Å². The largest absolute Gasteiger partial charge is 0.332 e. The second-order valence-corrected chi connectivity index (χ2v) is 10.8. The van der Waals surface area contributed by atoms with Crippen LogP contribution in [0.3, 0.4) is 0 Å². The van der Waals surface area contributed by atoms with Gasteiger partial charge in [0.2, 0.25) is 0 Å². The van der Waals surface area contributed by atoms with Crippen molar-refractivity contribution in [1.82, 2.24) is 0 Å². The molecule has 4 rings (SSSR count). The molecule has 0 fully saturated rings. The standard InChI is InChI=1S/C23H20Cl2FN3O2S2/c1-14-2-3-15-12-17(26)5-11-22(15)29(14)33(30,31)19-8-6-18(7-9-19)27-23(32)28-21-10-4-16(24)13-20(21)25/h4-14H,2-3H2,1H3,(H2,27,28,32)/t14-/m1/s1. The van der Waals surface area contributed by atoms with E-state index in [0.29, 0.717) is 45.5 Å². The van der Waals surface area contributed by atoms with Crippen molar-refractivity contribution in [3.05, 3.63) is 82.1 Å². The summed E-state index contributed by atoms with van der Waals surface area (Å²) >= 11 is 17.4. The third-order valence-electron chi connectivity index (χ3n) is 5.36. The summed E-state index contributed by atoms with van der Waals surface area (Å²) in [4.78, 5) is 0.136. The highest BCUT2D eigenvalue weighted by Crippen LogP contribution is 2.36. The van der Waals surface area contributed by atoms with Crippen molar-refractivity contribution in [2.24, 2.45) is 0 Å². The van der Waals surface area contributed by atoms with Gasteiger partial charge in [-0.25, -0.2) is 12.8 Å². The smallest absolute Gasteiger partial charge is 0.264 e. The molecule has 0 saturated heterocycles. The first-order valence-corrected chi connectivity index (χ1v) is 12.7. The maximum atomic E-state index is 13.7. The highest BCUT2D eigenvalue weighted by atomic mass is 35.5. The van der Waals surface area contributed by atoms with Crippen LogP contribution in [0, 0.1) is 5.82 Å². The van der Waals surface area contributed by atoms with Crippen LogP contribution in [0.5, 0.6) is 0 Å². The average molecular weight is 524 g/mol. The van der Waals surface area contributed by atoms with Crippen LogP contribution >= 0.6 is 35.4 Å². The zero-order chi connectivity index (χ0) is 23.8. The number of thiocarbonyl (C=S) groups is 1. The number of anilines is 3. The molecule has 1 aliphatic rings. The monoisotopic (exact) mass is 523 g/mol. The lowest BCUT2D eigenvalue weighted by molar-refractivity contribution is 0.560. The third kappa shape index (κ3) is 5.09. The molecule has 3 aromatic rings. The molecule has 3 aromatic carbocycles. The van der Waals surface area contributed by atoms with Gasteiger partial charge in [0.05, 0.1) is 21.3 Å². The van der Waals surface area contributed by atoms with E-state index in [0.717, 1.165) is 0 Å². The van der Waals surface area contributed by atoms with E-state index < -0.39 is 10.0 Å². The molecule has 10 heteroatoms. The summed E-state index contributed by atoms with van der Waals surface area (Å²) in [5, 5.41) is 7.19. The minimum atomic E-state index is -3.84. The first-order valence-electron chi connectivity index (χ1n) is 10.1. The van der Waals surface area contributed by atoms with E-state index in [1.165, 1.54) is 34.6 Å². The summed E-state index contributed by atoms with van der Waals surface area (Å²) in [6.07, 6.45) is 1.24. The molecule has 172 valence electrons. The predicted molar refractivity (Wildman–Crippen MR) is 137 cm³/mol. The summed E-state index contributed by atoms with van der Waals surface area (Å²) in [5.41, 5.74) is 2.40. The predicted octanol–water partition coefficient (Wildman–Crippen LogP) is 6.47. The van der Waals surface area contributed by atoms with Crippen LogP contribution in [0.25, 0.3) is 0 Å². The molecule has 0 amide bonds. The van der Waals surface area contributed by atoms with Gasteiger partial charge >= 0.3 is 0 Å². The molecule has 2 N–H and O–H groups in total. The minimum absolute atomic E-state index is 0.136. The first kappa shape index (κ1) is 23.8. The summed E-state index contributed by atoms with van der Waals surface area (Å²) in [6, 6.07) is 15.2. The van der Waals surface area contributed by atoms with Crippen LogP contribution in [0.15, 0.2) is 65.6 Å². The fourth-order valence-electron chi connectivity index (χ4n) is 3.75. The Morgan fingerprint density at radius 2 is 1.79 bits per heavy atom. The van der Waals surface area contributed by atoms with Gasteiger partial charge in [0.1, 0.15) is 5.82 Å². The van der Waals surface area contributed by atoms with Crippen LogP contribution in [-0.4, -0.2) is 19.6 Å². The van der Waals surface area contributed by atoms with Crippen LogP contribution in [0.4, 0.5) is 21.5 Å². The fourth-order valence-corrected chi connectivity index (χ4v) is 6.16. The van der Waals surface area contributed by atoms with Crippen molar-refractivity contribution in [3.8, 4) is 0 Å². The number of halogens is 3. The molecule has 1 heterocycles. The summed E-state index contributed by atoms with van der Waals surface area (Å²) in [5.74, 6) is -0.374. The third-order valence-corrected chi connectivity index (χ3v) is 8.05. The van der Waals surface area contributed by atoms with Gasteiger partial charge in [0.25, 0.3) is 10.0 Å². The Morgan fingerprint density at radius 3 is 2.48 bits per heavy atom. The Morgan fingerprint density at radius 1 is 1.06 bits per heavy atom. The van der Waals surface area contributed by atoms with Gasteiger partial charge in [0.15, 0.2) is 5.11 Å². The number of nitrogens with zero attached hydrogens (tertiary/aromatic N) is 1. The van der Waals surface area contributed by atoms with E-state index in [4.69, 9.17) is 35.4 Å². The van der Waals surface area contributed by atoms with Gasteiger partial charge in [-0.2, -0.15) is 0 Å². The number of benzene rings is 3. The van der Waals surface area contributed by atoms with Crippen molar-refractivity contribution in [2.75, 3.05) is 14.9 Å². The van der Waals surface area contributed by atoms with Gasteiger partial charge < -0.3 is 10.6 Å². The quantitative estimate of drug-likeness (QED) is 0.383. The Bertz CT molecular complexity index is 1320. The number of hydrogen-bond acceptors (Lipinski definition) is 3. The Balaban J connectivity index is 1.52. The zero-order valence-electron chi connectivity index (χ0n) is 17.5. The molecule has 0 aromatic heterocycles. The number of hydrogen-bond donors (Lipinski definition) is 2. The molecule has 5 nitrogen and oxygen atoms in total. The van der Waals surface area contributed by atoms with E-state index in [2.05, 4.69) is 10.6 Å². The van der Waals surface area contributed by atoms with E-state index in [-0.39, 0.29) is 21.9 Å². The molecule has 0 unspecified atom stereocenters. The van der Waals surface area contributed by atoms with Crippen molar-refractivity contribution in [1.29, 1.82) is 0 Å². The van der Waals surface area contributed by atoms with Crippen LogP contribution in [0.1, 0.15) is 18.9 Å². The Hall–Kier alpha value is -2.39. The summed E-state index contributed by atoms with van der Waals surface area (Å²) in [6.45, 7) is 1.85. The van der Waals surface area contributed by atoms with Crippen LogP contribution in [0.2, 0.25) is 10.0 Å². The first-order chi connectivity index (χ1) is 15.6. The van der Waals surface area contributed by atoms with Crippen molar-refractivity contribution in [3.63, 3.8) is 0 Å². The van der Waals surface area contributed by atoms with Gasteiger partial charge in [-0.05, 0) is 98.2 Å². The van der Waals surface area contributed by atoms with Gasteiger partial charge in [-0.1, -0.05) is 23.2 Å². The SMILES string of the molecule is C[C@@H]1CCc2cc(F)ccc2N1S(=O)(=O)c1ccc(NC(=S)Nc2ccc(Cl)cc2Cl)cc1. The van der Waals surface area contributed by atoms with E-state index in [1.54, 1.807) is 30.3 Å². The normalized spacial score (nSPS) is 15.6. The Kier molecular flexibility index (Phi) is 6.81. The summed E-state index contributed by atoms with van der Waals surface area (Å²) < 4.78 is 41.9. The van der Waals surface area contributed by atoms with E-state index in [9.17, 15) is 12.8 Å². The van der Waals surface area contributed by atoms with Crippen molar-refractivity contribution in [2.45, 2.75) is 30.7 Å². The molecule has 0 aliphatic carbocycles. The molecular formula is C23H20Cl2FN3O2S2. The number of fused-ring (bicyclic) bond motifs is 1. The molecule has 33 heavy (non-hydrogen) atoms. The zero-order valence-corrected chi connectivity index (χ0v) is 20.6. The van der Waals surface area contributed by atoms with Crippen molar-refractivity contribution < 1.29 is 12.8 Å². The molecule has 0 radical (unpaired) electrons. The minimum Gasteiger partial charge on any atom is -0.332 e. The summed E-state index contributed by atoms with van der Waals surface area (Å²) in [7, 11) is -3.84. The van der Waals surface area contributed by atoms with Crippen LogP contribution in [-0.2, 0) is 16.4 Å². The van der Waals surface area contributed by atoms with Crippen LogP contribution < -0.4 is 14.9 Å². The average Bonchev–Trinajstić information content (AvgIpc) is 2.76. The van der Waals surface area contributed by atoms with E-state index >= 15 is 0 Å². The number of rotatable bonds is 4. The highest BCUT2D eigenvalue weighted by molar-refractivity contribution is 7.92. The van der Waals surface area contributed by atoms with Gasteiger partial charge in [-0.3, -0.25) is 4.31 Å². The lowest BCUT2D eigenvalue weighted by atomic mass is 9.99. The molecule has 1 aliphatic heterocycles. The topological polar surface area (TPSA) is 61.4 Å². The second-order valence-electron chi connectivity index (χ2n) is 7.69. The molecule has 0 spiro atoms. The highest BCUT2D eigenvalue weighted by Gasteiger charge is 2.34. The van der Waals surface area contributed by atoms with Gasteiger partial charge in [0, 0.05) is 16.8 Å². The lowest BCUT2D eigenvalue weighted by Gasteiger charge is -2.36. The molecule has 1 atom stereocenters.